The maximum Gasteiger partial charge on any atom is 0.407 e. The molecular formula is C23H37N7O3. The molecule has 2 aromatic heterocycles. The van der Waals surface area contributed by atoms with Gasteiger partial charge in [0.1, 0.15) is 11.4 Å². The molecule has 0 spiro atoms. The molecule has 0 bridgehead atoms. The van der Waals surface area contributed by atoms with Gasteiger partial charge in [-0.2, -0.15) is 10.1 Å². The van der Waals surface area contributed by atoms with Crippen molar-refractivity contribution in [1.29, 1.82) is 0 Å². The highest BCUT2D eigenvalue weighted by molar-refractivity contribution is 5.67. The number of anilines is 2. The van der Waals surface area contributed by atoms with Crippen LogP contribution in [0.4, 0.5) is 16.6 Å². The molecule has 4 rings (SSSR count). The fourth-order valence-corrected chi connectivity index (χ4v) is 3.91. The predicted octanol–water partition coefficient (Wildman–Crippen LogP) is 3.67. The number of carbonyl (C=O) groups excluding carboxylic acids is 1. The zero-order chi connectivity index (χ0) is 24.0. The number of nitrogens with one attached hydrogen (secondary N) is 1. The van der Waals surface area contributed by atoms with Crippen LogP contribution >= 0.6 is 0 Å². The first-order valence-corrected chi connectivity index (χ1v) is 11.6. The van der Waals surface area contributed by atoms with Gasteiger partial charge >= 0.3 is 6.09 Å². The van der Waals surface area contributed by atoms with Crippen molar-refractivity contribution in [3.8, 4) is 11.4 Å². The minimum atomic E-state index is -0.389. The molecule has 3 N–H and O–H groups in total. The highest BCUT2D eigenvalue weighted by Gasteiger charge is 2.24. The predicted molar refractivity (Wildman–Crippen MR) is 128 cm³/mol. The number of amides is 1. The molecule has 1 unspecified atom stereocenters. The lowest BCUT2D eigenvalue weighted by Crippen LogP contribution is -2.30. The smallest absolute Gasteiger partial charge is 0.407 e. The summed E-state index contributed by atoms with van der Waals surface area (Å²) in [4.78, 5) is 21.7. The number of ether oxygens (including phenoxy) is 2. The van der Waals surface area contributed by atoms with Gasteiger partial charge in [0.15, 0.2) is 6.23 Å². The van der Waals surface area contributed by atoms with Gasteiger partial charge in [-0.15, -0.1) is 0 Å². The Hall–Kier alpha value is -2.88. The Kier molecular flexibility index (Phi) is 8.12. The molecule has 10 nitrogen and oxygen atoms in total. The quantitative estimate of drug-likeness (QED) is 0.713. The van der Waals surface area contributed by atoms with E-state index in [9.17, 15) is 4.79 Å². The molecule has 0 aliphatic carbocycles. The Morgan fingerprint density at radius 3 is 2.52 bits per heavy atom. The van der Waals surface area contributed by atoms with E-state index in [0.717, 1.165) is 61.7 Å². The third-order valence-electron chi connectivity index (χ3n) is 5.41. The number of aryl methyl sites for hydroxylation is 1. The molecule has 4 heterocycles. The maximum atomic E-state index is 10.5. The highest BCUT2D eigenvalue weighted by Crippen LogP contribution is 2.32. The van der Waals surface area contributed by atoms with Crippen LogP contribution in [0.15, 0.2) is 12.3 Å². The van der Waals surface area contributed by atoms with E-state index in [-0.39, 0.29) is 17.9 Å². The van der Waals surface area contributed by atoms with Gasteiger partial charge in [-0.1, -0.05) is 0 Å². The molecule has 33 heavy (non-hydrogen) atoms. The van der Waals surface area contributed by atoms with E-state index >= 15 is 0 Å². The summed E-state index contributed by atoms with van der Waals surface area (Å²) in [6, 6.07) is 2.03. The van der Waals surface area contributed by atoms with Gasteiger partial charge in [-0.3, -0.25) is 0 Å². The van der Waals surface area contributed by atoms with Crippen LogP contribution < -0.4 is 16.0 Å². The molecule has 1 amide bonds. The molecule has 10 heteroatoms. The van der Waals surface area contributed by atoms with Crippen LogP contribution in [0.5, 0.6) is 0 Å². The summed E-state index contributed by atoms with van der Waals surface area (Å²) in [6.07, 6.45) is 7.13. The number of carbonyl (C=O) groups is 1. The van der Waals surface area contributed by atoms with Crippen molar-refractivity contribution in [2.45, 2.75) is 71.6 Å². The summed E-state index contributed by atoms with van der Waals surface area (Å²) in [6.45, 7) is 10.4. The van der Waals surface area contributed by atoms with Crippen molar-refractivity contribution in [3.63, 3.8) is 0 Å². The number of alkyl carbamates (subject to hydrolysis) is 1. The number of nitrogen functional groups attached to an aromatic ring is 1. The van der Waals surface area contributed by atoms with Gasteiger partial charge in [0, 0.05) is 32.8 Å². The first-order chi connectivity index (χ1) is 15.7. The Bertz CT molecular complexity index is 927. The van der Waals surface area contributed by atoms with Crippen molar-refractivity contribution in [2.24, 2.45) is 0 Å². The molecule has 2 aliphatic rings. The molecule has 182 valence electrons. The Labute approximate surface area is 195 Å². The topological polar surface area (TPSA) is 120 Å². The van der Waals surface area contributed by atoms with E-state index in [1.54, 1.807) is 0 Å². The van der Waals surface area contributed by atoms with Gasteiger partial charge in [0.25, 0.3) is 0 Å². The van der Waals surface area contributed by atoms with Gasteiger partial charge in [-0.25, -0.2) is 14.5 Å². The van der Waals surface area contributed by atoms with Crippen LogP contribution in [0.1, 0.15) is 64.7 Å². The van der Waals surface area contributed by atoms with Crippen LogP contribution in [0.25, 0.3) is 11.4 Å². The van der Waals surface area contributed by atoms with Crippen molar-refractivity contribution < 1.29 is 14.3 Å². The van der Waals surface area contributed by atoms with Crippen molar-refractivity contribution in [3.05, 3.63) is 17.8 Å². The van der Waals surface area contributed by atoms with Gasteiger partial charge in [0.05, 0.1) is 17.6 Å². The second-order valence-electron chi connectivity index (χ2n) is 9.36. The lowest BCUT2D eigenvalue weighted by atomic mass is 10.1. The zero-order valence-electron chi connectivity index (χ0n) is 20.4. The average Bonchev–Trinajstić information content (AvgIpc) is 3.43. The first kappa shape index (κ1) is 24.8. The second-order valence-corrected chi connectivity index (χ2v) is 9.36. The summed E-state index contributed by atoms with van der Waals surface area (Å²) < 4.78 is 12.7. The Morgan fingerprint density at radius 2 is 1.94 bits per heavy atom. The molecule has 2 aliphatic heterocycles. The molecule has 2 saturated heterocycles. The molecular weight excluding hydrogens is 422 g/mol. The van der Waals surface area contributed by atoms with E-state index in [4.69, 9.17) is 15.2 Å². The average molecular weight is 460 g/mol. The summed E-state index contributed by atoms with van der Waals surface area (Å²) in [5, 5.41) is 6.91. The third-order valence-corrected chi connectivity index (χ3v) is 5.41. The van der Waals surface area contributed by atoms with E-state index < -0.39 is 0 Å². The van der Waals surface area contributed by atoms with Crippen molar-refractivity contribution in [2.75, 3.05) is 37.4 Å². The van der Waals surface area contributed by atoms with Crippen LogP contribution in [-0.2, 0) is 9.47 Å². The zero-order valence-corrected chi connectivity index (χ0v) is 20.4. The third kappa shape index (κ3) is 6.80. The molecule has 0 radical (unpaired) electrons. The summed E-state index contributed by atoms with van der Waals surface area (Å²) in [5.41, 5.74) is 8.50. The second kappa shape index (κ2) is 10.8. The number of hydrogen-bond donors (Lipinski definition) is 2. The lowest BCUT2D eigenvalue weighted by molar-refractivity contribution is -0.0384. The summed E-state index contributed by atoms with van der Waals surface area (Å²) in [5.74, 6) is 1.22. The van der Waals surface area contributed by atoms with Crippen LogP contribution in [0.2, 0.25) is 0 Å². The standard InChI is InChI=1S/C17H24N6O.C6H13NO2/c1-12-11-19-23(15-6-2-5-9-24-15)16(12)13-10-14(21-17(18)20-13)22-7-3-4-8-22;1-6(2,3)9-5(8)7-4/h10-11,15H,2-9H2,1H3,(H2,18,20,21);1-4H3,(H,7,8). The Morgan fingerprint density at radius 1 is 1.21 bits per heavy atom. The SMILES string of the molecule is CNC(=O)OC(C)(C)C.Cc1cnn(C2CCCCO2)c1-c1cc(N2CCCC2)nc(N)n1. The number of nitrogens with two attached hydrogens (primary N) is 1. The fourth-order valence-electron chi connectivity index (χ4n) is 3.91. The van der Waals surface area contributed by atoms with Crippen LogP contribution in [0, 0.1) is 6.92 Å². The highest BCUT2D eigenvalue weighted by atomic mass is 16.6. The van der Waals surface area contributed by atoms with Crippen molar-refractivity contribution in [1.82, 2.24) is 25.1 Å². The minimum Gasteiger partial charge on any atom is -0.444 e. The normalized spacial score (nSPS) is 18.5. The van der Waals surface area contributed by atoms with Gasteiger partial charge in [0.2, 0.25) is 5.95 Å². The van der Waals surface area contributed by atoms with Crippen molar-refractivity contribution >= 4 is 17.9 Å². The minimum absolute atomic E-state index is 0.0196. The van der Waals surface area contributed by atoms with Gasteiger partial charge in [-0.05, 0) is 65.4 Å². The molecule has 2 aromatic rings. The van der Waals surface area contributed by atoms with Crippen LogP contribution in [-0.4, -0.2) is 58.2 Å². The summed E-state index contributed by atoms with van der Waals surface area (Å²) in [7, 11) is 1.54. The first-order valence-electron chi connectivity index (χ1n) is 11.6. The fraction of sp³-hybridized carbons (Fsp3) is 0.652. The van der Waals surface area contributed by atoms with E-state index in [2.05, 4.69) is 32.2 Å². The van der Waals surface area contributed by atoms with Gasteiger partial charge < -0.3 is 25.4 Å². The maximum absolute atomic E-state index is 10.5. The van der Waals surface area contributed by atoms with E-state index in [1.165, 1.54) is 19.9 Å². The van der Waals surface area contributed by atoms with E-state index in [0.29, 0.717) is 5.95 Å². The van der Waals surface area contributed by atoms with Crippen LogP contribution in [0.3, 0.4) is 0 Å². The lowest BCUT2D eigenvalue weighted by Gasteiger charge is -2.25. The monoisotopic (exact) mass is 459 g/mol. The molecule has 0 aromatic carbocycles. The number of rotatable bonds is 3. The molecule has 2 fully saturated rings. The Balaban J connectivity index is 0.000000292. The van der Waals surface area contributed by atoms with E-state index in [1.807, 2.05) is 37.7 Å². The largest absolute Gasteiger partial charge is 0.444 e. The number of nitrogens with zero attached hydrogens (tertiary/aromatic N) is 5. The number of hydrogen-bond acceptors (Lipinski definition) is 8. The molecule has 1 atom stereocenters. The number of aromatic nitrogens is 4. The summed E-state index contributed by atoms with van der Waals surface area (Å²) >= 11 is 0. The molecule has 0 saturated carbocycles.